The van der Waals surface area contributed by atoms with Gasteiger partial charge in [-0.3, -0.25) is 33.8 Å². The molecule has 1 aliphatic heterocycles. The molecule has 0 bridgehead atoms. The number of fused-ring (bicyclic) bond motifs is 1. The van der Waals surface area contributed by atoms with Gasteiger partial charge in [0.05, 0.1) is 37.4 Å². The van der Waals surface area contributed by atoms with Crippen LogP contribution in [0.1, 0.15) is 28.8 Å². The predicted molar refractivity (Wildman–Crippen MR) is 141 cm³/mol. The van der Waals surface area contributed by atoms with Crippen LogP contribution in [0.4, 0.5) is 5.69 Å². The summed E-state index contributed by atoms with van der Waals surface area (Å²) in [7, 11) is 0. The van der Waals surface area contributed by atoms with Crippen molar-refractivity contribution in [3.8, 4) is 0 Å². The number of amides is 6. The Morgan fingerprint density at radius 2 is 1.45 bits per heavy atom. The normalized spacial score (nSPS) is 18.1. The first kappa shape index (κ1) is 30.0. The summed E-state index contributed by atoms with van der Waals surface area (Å²) in [5.74, 6) is -4.01. The summed E-state index contributed by atoms with van der Waals surface area (Å²) in [6.45, 7) is -1.57. The first-order valence-electron chi connectivity index (χ1n) is 11.5. The number of nitrogens with two attached hydrogens (primary N) is 2. The van der Waals surface area contributed by atoms with Crippen LogP contribution in [0.2, 0.25) is 0 Å². The molecule has 0 fully saturated rings. The van der Waals surface area contributed by atoms with Gasteiger partial charge >= 0.3 is 0 Å². The molecule has 6 amide bonds. The number of benzene rings is 1. The molecule has 16 heteroatoms. The highest BCUT2D eigenvalue weighted by Crippen LogP contribution is 2.20. The summed E-state index contributed by atoms with van der Waals surface area (Å²) in [6, 6.07) is 3.68. The zero-order chi connectivity index (χ0) is 28.1. The number of carbonyl (C=O) groups is 6. The van der Waals surface area contributed by atoms with Crippen molar-refractivity contribution < 1.29 is 28.8 Å². The smallest absolute Gasteiger partial charge is 0.253 e. The number of aliphatic imine (C=N–C) groups is 1. The fraction of sp³-hybridized carbons (Fsp3) is 0.409. The maximum Gasteiger partial charge on any atom is 0.253 e. The minimum absolute atomic E-state index is 0.0802. The molecular weight excluding hydrogens is 566 g/mol. The van der Waals surface area contributed by atoms with E-state index < -0.39 is 67.7 Å². The number of halogens is 1. The molecular formula is C22H30BrN9O6. The van der Waals surface area contributed by atoms with E-state index in [-0.39, 0.29) is 30.2 Å². The Labute approximate surface area is 226 Å². The molecule has 1 aromatic rings. The predicted octanol–water partition coefficient (Wildman–Crippen LogP) is -2.85. The summed E-state index contributed by atoms with van der Waals surface area (Å²) in [5, 5.41) is 15.0. The van der Waals surface area contributed by atoms with Gasteiger partial charge in [0.15, 0.2) is 5.96 Å². The highest BCUT2D eigenvalue weighted by molar-refractivity contribution is 9.08. The van der Waals surface area contributed by atoms with Crippen LogP contribution >= 0.6 is 15.9 Å². The number of nitrogens with one attached hydrogen (secondary N) is 6. The highest BCUT2D eigenvalue weighted by atomic mass is 79.9. The SMILES string of the molecule is NC(N)=NCCC[C@@H]1NC(=O)CNC(=O)CNC(=O)CNC(=O)CNC(=O)c2cc(CBr)ccc2NC1=O. The monoisotopic (exact) mass is 595 g/mol. The Balaban J connectivity index is 2.31. The topological polar surface area (TPSA) is 239 Å². The summed E-state index contributed by atoms with van der Waals surface area (Å²) in [5.41, 5.74) is 11.6. The summed E-state index contributed by atoms with van der Waals surface area (Å²) >= 11 is 3.31. The molecule has 0 aromatic heterocycles. The van der Waals surface area contributed by atoms with Gasteiger partial charge in [-0.15, -0.1) is 0 Å². The number of anilines is 1. The van der Waals surface area contributed by atoms with Crippen LogP contribution in [0.25, 0.3) is 0 Å². The molecule has 1 atom stereocenters. The molecule has 38 heavy (non-hydrogen) atoms. The van der Waals surface area contributed by atoms with Gasteiger partial charge in [-0.25, -0.2) is 0 Å². The van der Waals surface area contributed by atoms with Crippen LogP contribution in [0, 0.1) is 0 Å². The third-order valence-corrected chi connectivity index (χ3v) is 5.73. The van der Waals surface area contributed by atoms with E-state index in [4.69, 9.17) is 11.5 Å². The second kappa shape index (κ2) is 15.1. The molecule has 15 nitrogen and oxygen atoms in total. The fourth-order valence-electron chi connectivity index (χ4n) is 3.19. The van der Waals surface area contributed by atoms with Crippen molar-refractivity contribution >= 4 is 63.0 Å². The van der Waals surface area contributed by atoms with Gasteiger partial charge in [0, 0.05) is 11.9 Å². The average molecular weight is 596 g/mol. The molecule has 206 valence electrons. The summed E-state index contributed by atoms with van der Waals surface area (Å²) < 4.78 is 0. The largest absolute Gasteiger partial charge is 0.370 e. The average Bonchev–Trinajstić information content (AvgIpc) is 2.89. The molecule has 0 unspecified atom stereocenters. The number of rotatable bonds is 5. The molecule has 1 heterocycles. The van der Waals surface area contributed by atoms with Crippen molar-refractivity contribution in [2.24, 2.45) is 16.5 Å². The van der Waals surface area contributed by atoms with Crippen molar-refractivity contribution in [3.63, 3.8) is 0 Å². The van der Waals surface area contributed by atoms with E-state index in [1.807, 2.05) is 0 Å². The number of guanidine groups is 1. The molecule has 1 aromatic carbocycles. The fourth-order valence-corrected chi connectivity index (χ4v) is 3.54. The lowest BCUT2D eigenvalue weighted by molar-refractivity contribution is -0.129. The molecule has 0 aliphatic carbocycles. The number of carbonyl (C=O) groups excluding carboxylic acids is 6. The Kier molecular flexibility index (Phi) is 12.0. The Hall–Kier alpha value is -4.21. The molecule has 10 N–H and O–H groups in total. The molecule has 0 saturated carbocycles. The van der Waals surface area contributed by atoms with Gasteiger partial charge in [0.1, 0.15) is 6.04 Å². The molecule has 1 aliphatic rings. The van der Waals surface area contributed by atoms with Crippen molar-refractivity contribution in [3.05, 3.63) is 29.3 Å². The maximum absolute atomic E-state index is 13.2. The van der Waals surface area contributed by atoms with E-state index in [0.717, 1.165) is 5.56 Å². The summed E-state index contributed by atoms with van der Waals surface area (Å²) in [4.78, 5) is 78.3. The molecule has 0 saturated heterocycles. The minimum Gasteiger partial charge on any atom is -0.370 e. The van der Waals surface area contributed by atoms with Crippen molar-refractivity contribution in [1.29, 1.82) is 0 Å². The van der Waals surface area contributed by atoms with Gasteiger partial charge in [-0.2, -0.15) is 0 Å². The van der Waals surface area contributed by atoms with E-state index in [2.05, 4.69) is 52.8 Å². The second-order valence-corrected chi connectivity index (χ2v) is 8.65. The third kappa shape index (κ3) is 10.4. The van der Waals surface area contributed by atoms with E-state index in [1.54, 1.807) is 6.07 Å². The highest BCUT2D eigenvalue weighted by Gasteiger charge is 2.23. The molecule has 0 radical (unpaired) electrons. The van der Waals surface area contributed by atoms with Crippen LogP contribution < -0.4 is 43.4 Å². The van der Waals surface area contributed by atoms with Crippen LogP contribution in [0.3, 0.4) is 0 Å². The number of hydrogen-bond acceptors (Lipinski definition) is 7. The van der Waals surface area contributed by atoms with Crippen LogP contribution in [-0.4, -0.2) is 80.2 Å². The number of alkyl halides is 1. The maximum atomic E-state index is 13.2. The Morgan fingerprint density at radius 3 is 2.03 bits per heavy atom. The Bertz CT molecular complexity index is 1110. The van der Waals surface area contributed by atoms with E-state index in [0.29, 0.717) is 11.8 Å². The molecule has 0 spiro atoms. The van der Waals surface area contributed by atoms with Crippen LogP contribution in [0.15, 0.2) is 23.2 Å². The second-order valence-electron chi connectivity index (χ2n) is 8.08. The van der Waals surface area contributed by atoms with Gasteiger partial charge < -0.3 is 43.4 Å². The Morgan fingerprint density at radius 1 is 0.868 bits per heavy atom. The lowest BCUT2D eigenvalue weighted by atomic mass is 10.1. The zero-order valence-corrected chi connectivity index (χ0v) is 22.0. The van der Waals surface area contributed by atoms with Gasteiger partial charge in [0.25, 0.3) is 5.91 Å². The van der Waals surface area contributed by atoms with Gasteiger partial charge in [-0.05, 0) is 30.5 Å². The van der Waals surface area contributed by atoms with E-state index in [1.165, 1.54) is 12.1 Å². The lowest BCUT2D eigenvalue weighted by Gasteiger charge is -2.20. The van der Waals surface area contributed by atoms with Crippen molar-refractivity contribution in [2.45, 2.75) is 24.2 Å². The molecule has 2 rings (SSSR count). The summed E-state index contributed by atoms with van der Waals surface area (Å²) in [6.07, 6.45) is 0.471. The number of nitrogens with zero attached hydrogens (tertiary/aromatic N) is 1. The van der Waals surface area contributed by atoms with Crippen LogP contribution in [0.5, 0.6) is 0 Å². The van der Waals surface area contributed by atoms with Crippen molar-refractivity contribution in [2.75, 3.05) is 38.0 Å². The zero-order valence-electron chi connectivity index (χ0n) is 20.4. The van der Waals surface area contributed by atoms with Gasteiger partial charge in [0.2, 0.25) is 29.5 Å². The van der Waals surface area contributed by atoms with Crippen molar-refractivity contribution in [1.82, 2.24) is 26.6 Å². The third-order valence-electron chi connectivity index (χ3n) is 5.09. The minimum atomic E-state index is -1.06. The first-order valence-corrected chi connectivity index (χ1v) is 12.6. The van der Waals surface area contributed by atoms with Gasteiger partial charge in [-0.1, -0.05) is 22.0 Å². The van der Waals surface area contributed by atoms with Crippen LogP contribution in [-0.2, 0) is 29.3 Å². The van der Waals surface area contributed by atoms with E-state index >= 15 is 0 Å². The standard InChI is InChI=1S/C22H30BrN9O6/c23-7-12-3-4-14-13(6-12)20(37)30-10-18(35)28-8-16(33)27-9-17(34)29-11-19(36)31-15(21(38)32-14)2-1-5-26-22(24)25/h3-4,6,15H,1-2,5,7-11H2,(H,27,33)(H,28,35)(H,29,34)(H,30,37)(H,31,36)(H,32,38)(H4,24,25,26)/t15-/m0/s1. The quantitative estimate of drug-likeness (QED) is 0.0760. The number of hydrogen-bond donors (Lipinski definition) is 8. The van der Waals surface area contributed by atoms with E-state index in [9.17, 15) is 28.8 Å². The lowest BCUT2D eigenvalue weighted by Crippen LogP contribution is -2.49. The first-order chi connectivity index (χ1) is 18.1.